The number of aryl methyl sites for hydroxylation is 1. The molecule has 3 N–H and O–H groups in total. The molecule has 22 heavy (non-hydrogen) atoms. The topological polar surface area (TPSA) is 89.3 Å². The van der Waals surface area contributed by atoms with Gasteiger partial charge in [0.15, 0.2) is 0 Å². The molecule has 0 aromatic heterocycles. The number of rotatable bonds is 5. The molecule has 0 unspecified atom stereocenters. The van der Waals surface area contributed by atoms with E-state index in [1.165, 1.54) is 0 Å². The zero-order valence-corrected chi connectivity index (χ0v) is 13.1. The van der Waals surface area contributed by atoms with E-state index in [9.17, 15) is 13.2 Å². The van der Waals surface area contributed by atoms with E-state index in [1.807, 2.05) is 31.2 Å². The second-order valence-electron chi connectivity index (χ2n) is 5.21. The van der Waals surface area contributed by atoms with Crippen LogP contribution in [-0.2, 0) is 27.0 Å². The molecule has 6 heteroatoms. The molecule has 0 radical (unpaired) electrons. The number of amides is 1. The van der Waals surface area contributed by atoms with Crippen LogP contribution in [0, 0.1) is 6.92 Å². The summed E-state index contributed by atoms with van der Waals surface area (Å²) in [6.45, 7) is 1.99. The van der Waals surface area contributed by atoms with E-state index in [0.717, 1.165) is 11.1 Å². The van der Waals surface area contributed by atoms with Gasteiger partial charge in [0.05, 0.1) is 12.2 Å². The molecular weight excluding hydrogens is 300 g/mol. The van der Waals surface area contributed by atoms with Crippen LogP contribution in [0.4, 0.5) is 5.69 Å². The smallest absolute Gasteiger partial charge is 0.228 e. The van der Waals surface area contributed by atoms with Crippen molar-refractivity contribution in [3.63, 3.8) is 0 Å². The maximum atomic E-state index is 12.0. The zero-order chi connectivity index (χ0) is 16.2. The molecule has 0 spiro atoms. The minimum Gasteiger partial charge on any atom is -0.326 e. The lowest BCUT2D eigenvalue weighted by Crippen LogP contribution is -2.15. The summed E-state index contributed by atoms with van der Waals surface area (Å²) in [4.78, 5) is 12.0. The molecule has 0 fully saturated rings. The van der Waals surface area contributed by atoms with Gasteiger partial charge >= 0.3 is 0 Å². The van der Waals surface area contributed by atoms with Crippen molar-refractivity contribution in [3.05, 3.63) is 65.2 Å². The molecule has 0 heterocycles. The Balaban J connectivity index is 1.95. The minimum atomic E-state index is -3.54. The summed E-state index contributed by atoms with van der Waals surface area (Å²) in [5.74, 6) is -0.340. The van der Waals surface area contributed by atoms with Gasteiger partial charge in [-0.3, -0.25) is 4.79 Å². The van der Waals surface area contributed by atoms with Gasteiger partial charge in [0.1, 0.15) is 0 Å². The molecule has 0 aliphatic rings. The summed E-state index contributed by atoms with van der Waals surface area (Å²) in [6, 6.07) is 14.3. The fraction of sp³-hybridized carbons (Fsp3) is 0.188. The standard InChI is InChI=1S/C16H18N2O3S/c1-12-2-4-13(5-3-12)10-16(19)18-15-8-6-14(7-9-15)11-22(17,20)21/h2-9H,10-11H2,1H3,(H,18,19)(H2,17,20,21). The predicted molar refractivity (Wildman–Crippen MR) is 86.8 cm³/mol. The summed E-state index contributed by atoms with van der Waals surface area (Å²) in [6.07, 6.45) is 0.291. The van der Waals surface area contributed by atoms with Crippen molar-refractivity contribution in [1.29, 1.82) is 0 Å². The lowest BCUT2D eigenvalue weighted by Gasteiger charge is -2.07. The molecule has 0 bridgehead atoms. The second-order valence-corrected chi connectivity index (χ2v) is 6.83. The lowest BCUT2D eigenvalue weighted by atomic mass is 10.1. The molecule has 0 aliphatic carbocycles. The van der Waals surface area contributed by atoms with E-state index >= 15 is 0 Å². The van der Waals surface area contributed by atoms with E-state index in [2.05, 4.69) is 5.32 Å². The van der Waals surface area contributed by atoms with Gasteiger partial charge in [-0.15, -0.1) is 0 Å². The van der Waals surface area contributed by atoms with Crippen molar-refractivity contribution in [2.24, 2.45) is 5.14 Å². The molecule has 0 atom stereocenters. The first-order chi connectivity index (χ1) is 10.3. The molecule has 0 saturated heterocycles. The van der Waals surface area contributed by atoms with E-state index in [4.69, 9.17) is 5.14 Å². The highest BCUT2D eigenvalue weighted by atomic mass is 32.2. The van der Waals surface area contributed by atoms with Crippen LogP contribution in [0.2, 0.25) is 0 Å². The van der Waals surface area contributed by atoms with Crippen LogP contribution in [0.3, 0.4) is 0 Å². The first-order valence-corrected chi connectivity index (χ1v) is 8.48. The Morgan fingerprint density at radius 3 is 2.09 bits per heavy atom. The maximum Gasteiger partial charge on any atom is 0.228 e. The molecule has 116 valence electrons. The van der Waals surface area contributed by atoms with Gasteiger partial charge in [-0.1, -0.05) is 42.0 Å². The van der Waals surface area contributed by atoms with Crippen LogP contribution in [0.25, 0.3) is 0 Å². The average Bonchev–Trinajstić information content (AvgIpc) is 2.42. The van der Waals surface area contributed by atoms with Gasteiger partial charge in [-0.2, -0.15) is 0 Å². The number of nitrogens with two attached hydrogens (primary N) is 1. The Hall–Kier alpha value is -2.18. The maximum absolute atomic E-state index is 12.0. The largest absolute Gasteiger partial charge is 0.326 e. The highest BCUT2D eigenvalue weighted by Gasteiger charge is 2.07. The number of benzene rings is 2. The molecular formula is C16H18N2O3S. The van der Waals surface area contributed by atoms with Crippen LogP contribution in [0.5, 0.6) is 0 Å². The third kappa shape index (κ3) is 5.31. The number of carbonyl (C=O) groups excluding carboxylic acids is 1. The van der Waals surface area contributed by atoms with Crippen molar-refractivity contribution in [3.8, 4) is 0 Å². The summed E-state index contributed by atoms with van der Waals surface area (Å²) in [5.41, 5.74) is 3.29. The van der Waals surface area contributed by atoms with Gasteiger partial charge in [0.2, 0.25) is 15.9 Å². The second kappa shape index (κ2) is 6.72. The molecule has 5 nitrogen and oxygen atoms in total. The predicted octanol–water partition coefficient (Wildman–Crippen LogP) is 1.96. The number of anilines is 1. The Bertz CT molecular complexity index is 751. The van der Waals surface area contributed by atoms with E-state index in [-0.39, 0.29) is 11.7 Å². The van der Waals surface area contributed by atoms with E-state index in [0.29, 0.717) is 17.7 Å². The highest BCUT2D eigenvalue weighted by Crippen LogP contribution is 2.12. The highest BCUT2D eigenvalue weighted by molar-refractivity contribution is 7.88. The number of hydrogen-bond donors (Lipinski definition) is 2. The first-order valence-electron chi connectivity index (χ1n) is 6.77. The van der Waals surface area contributed by atoms with Crippen LogP contribution >= 0.6 is 0 Å². The number of primary sulfonamides is 1. The normalized spacial score (nSPS) is 11.2. The van der Waals surface area contributed by atoms with Gasteiger partial charge in [-0.05, 0) is 30.2 Å². The van der Waals surface area contributed by atoms with Crippen molar-refractivity contribution < 1.29 is 13.2 Å². The Kier molecular flexibility index (Phi) is 4.95. The summed E-state index contributed by atoms with van der Waals surface area (Å²) in [7, 11) is -3.54. The SMILES string of the molecule is Cc1ccc(CC(=O)Nc2ccc(CS(N)(=O)=O)cc2)cc1. The minimum absolute atomic E-state index is 0.122. The zero-order valence-electron chi connectivity index (χ0n) is 12.2. The fourth-order valence-corrected chi connectivity index (χ4v) is 2.67. The summed E-state index contributed by atoms with van der Waals surface area (Å²) < 4.78 is 22.0. The van der Waals surface area contributed by atoms with Gasteiger partial charge in [-0.25, -0.2) is 13.6 Å². The molecule has 2 rings (SSSR count). The monoisotopic (exact) mass is 318 g/mol. The van der Waals surface area contributed by atoms with Gasteiger partial charge in [0, 0.05) is 5.69 Å². The van der Waals surface area contributed by atoms with E-state index < -0.39 is 10.0 Å². The van der Waals surface area contributed by atoms with Crippen LogP contribution in [-0.4, -0.2) is 14.3 Å². The lowest BCUT2D eigenvalue weighted by molar-refractivity contribution is -0.115. The summed E-state index contributed by atoms with van der Waals surface area (Å²) >= 11 is 0. The number of sulfonamides is 1. The fourth-order valence-electron chi connectivity index (χ4n) is 2.01. The first kappa shape index (κ1) is 16.2. The third-order valence-electron chi connectivity index (χ3n) is 3.09. The Morgan fingerprint density at radius 1 is 1.00 bits per heavy atom. The third-order valence-corrected chi connectivity index (χ3v) is 3.83. The molecule has 2 aromatic carbocycles. The van der Waals surface area contributed by atoms with Gasteiger partial charge < -0.3 is 5.32 Å². The van der Waals surface area contributed by atoms with Crippen LogP contribution in [0.15, 0.2) is 48.5 Å². The molecule has 2 aromatic rings. The number of hydrogen-bond acceptors (Lipinski definition) is 3. The van der Waals surface area contributed by atoms with E-state index in [1.54, 1.807) is 24.3 Å². The van der Waals surface area contributed by atoms with Crippen LogP contribution in [0.1, 0.15) is 16.7 Å². The van der Waals surface area contributed by atoms with Crippen molar-refractivity contribution in [2.45, 2.75) is 19.1 Å². The van der Waals surface area contributed by atoms with Gasteiger partial charge in [0.25, 0.3) is 0 Å². The molecule has 0 saturated carbocycles. The Morgan fingerprint density at radius 2 is 1.55 bits per heavy atom. The molecule has 1 amide bonds. The number of carbonyl (C=O) groups is 1. The quantitative estimate of drug-likeness (QED) is 0.883. The van der Waals surface area contributed by atoms with Crippen molar-refractivity contribution in [1.82, 2.24) is 0 Å². The number of nitrogens with one attached hydrogen (secondary N) is 1. The van der Waals surface area contributed by atoms with Crippen molar-refractivity contribution in [2.75, 3.05) is 5.32 Å². The Labute approximate surface area is 130 Å². The molecule has 0 aliphatic heterocycles. The average molecular weight is 318 g/mol. The summed E-state index contributed by atoms with van der Waals surface area (Å²) in [5, 5.41) is 7.76. The van der Waals surface area contributed by atoms with Crippen LogP contribution < -0.4 is 10.5 Å². The van der Waals surface area contributed by atoms with Crippen molar-refractivity contribution >= 4 is 21.6 Å².